The molecule has 1 aromatic carbocycles. The minimum absolute atomic E-state index is 0.0704. The predicted octanol–water partition coefficient (Wildman–Crippen LogP) is 2.44. The van der Waals surface area contributed by atoms with Crippen molar-refractivity contribution >= 4 is 22.5 Å². The highest BCUT2D eigenvalue weighted by atomic mass is 16.1. The number of anilines is 1. The molecule has 1 heterocycles. The largest absolute Gasteiger partial charge is 0.399 e. The standard InChI is InChI=1S/C14H17N3O/c1-3-4-9(2)17-14(18)12-8-16-13-6-5-10(15)7-11(12)13/h3,5-9,16H,1,4,15H2,2H3,(H,17,18). The minimum atomic E-state index is -0.0961. The lowest BCUT2D eigenvalue weighted by atomic mass is 10.1. The van der Waals surface area contributed by atoms with Crippen LogP contribution >= 0.6 is 0 Å². The summed E-state index contributed by atoms with van der Waals surface area (Å²) in [5.74, 6) is -0.0961. The molecule has 0 aliphatic carbocycles. The van der Waals surface area contributed by atoms with Gasteiger partial charge in [0.25, 0.3) is 5.91 Å². The van der Waals surface area contributed by atoms with E-state index in [4.69, 9.17) is 5.73 Å². The molecule has 1 aromatic heterocycles. The normalized spacial score (nSPS) is 12.3. The lowest BCUT2D eigenvalue weighted by Gasteiger charge is -2.11. The van der Waals surface area contributed by atoms with Crippen molar-refractivity contribution in [2.24, 2.45) is 0 Å². The summed E-state index contributed by atoms with van der Waals surface area (Å²) in [6.07, 6.45) is 4.24. The smallest absolute Gasteiger partial charge is 0.253 e. The number of aromatic amines is 1. The molecular formula is C14H17N3O. The number of nitrogens with one attached hydrogen (secondary N) is 2. The summed E-state index contributed by atoms with van der Waals surface area (Å²) in [5, 5.41) is 3.77. The molecule has 4 N–H and O–H groups in total. The van der Waals surface area contributed by atoms with Gasteiger partial charge in [0.05, 0.1) is 5.56 Å². The molecule has 1 atom stereocenters. The summed E-state index contributed by atoms with van der Waals surface area (Å²) in [7, 11) is 0. The van der Waals surface area contributed by atoms with Crippen molar-refractivity contribution in [1.29, 1.82) is 0 Å². The Balaban J connectivity index is 2.27. The van der Waals surface area contributed by atoms with Crippen LogP contribution in [0, 0.1) is 0 Å². The summed E-state index contributed by atoms with van der Waals surface area (Å²) in [6, 6.07) is 5.55. The van der Waals surface area contributed by atoms with Crippen LogP contribution in [0.15, 0.2) is 37.1 Å². The molecule has 4 heteroatoms. The first kappa shape index (κ1) is 12.2. The van der Waals surface area contributed by atoms with Crippen LogP contribution in [0.1, 0.15) is 23.7 Å². The quantitative estimate of drug-likeness (QED) is 0.570. The summed E-state index contributed by atoms with van der Waals surface area (Å²) in [6.45, 7) is 5.61. The van der Waals surface area contributed by atoms with Gasteiger partial charge in [0.15, 0.2) is 0 Å². The molecule has 94 valence electrons. The van der Waals surface area contributed by atoms with Gasteiger partial charge in [-0.3, -0.25) is 4.79 Å². The maximum atomic E-state index is 12.1. The molecule has 4 nitrogen and oxygen atoms in total. The first-order valence-electron chi connectivity index (χ1n) is 5.90. The minimum Gasteiger partial charge on any atom is -0.399 e. The van der Waals surface area contributed by atoms with Crippen molar-refractivity contribution in [3.8, 4) is 0 Å². The van der Waals surface area contributed by atoms with Crippen LogP contribution in [0.25, 0.3) is 10.9 Å². The molecule has 2 rings (SSSR count). The van der Waals surface area contributed by atoms with E-state index >= 15 is 0 Å². The summed E-state index contributed by atoms with van der Waals surface area (Å²) >= 11 is 0. The van der Waals surface area contributed by atoms with Gasteiger partial charge in [-0.15, -0.1) is 6.58 Å². The number of nitrogens with two attached hydrogens (primary N) is 1. The van der Waals surface area contributed by atoms with E-state index in [1.54, 1.807) is 24.4 Å². The van der Waals surface area contributed by atoms with E-state index in [0.29, 0.717) is 11.3 Å². The van der Waals surface area contributed by atoms with Crippen molar-refractivity contribution < 1.29 is 4.79 Å². The number of nitrogen functional groups attached to an aromatic ring is 1. The molecule has 0 aliphatic heterocycles. The number of rotatable bonds is 4. The highest BCUT2D eigenvalue weighted by Gasteiger charge is 2.13. The van der Waals surface area contributed by atoms with Gasteiger partial charge in [0, 0.05) is 28.8 Å². The number of H-pyrrole nitrogens is 1. The second-order valence-electron chi connectivity index (χ2n) is 4.41. The fraction of sp³-hybridized carbons (Fsp3) is 0.214. The number of amides is 1. The summed E-state index contributed by atoms with van der Waals surface area (Å²) in [5.41, 5.74) is 7.92. The van der Waals surface area contributed by atoms with E-state index in [2.05, 4.69) is 16.9 Å². The third-order valence-electron chi connectivity index (χ3n) is 2.85. The average Bonchev–Trinajstić information content (AvgIpc) is 2.71. The highest BCUT2D eigenvalue weighted by molar-refractivity contribution is 6.07. The first-order chi connectivity index (χ1) is 8.61. The van der Waals surface area contributed by atoms with E-state index in [1.807, 2.05) is 13.0 Å². The van der Waals surface area contributed by atoms with Gasteiger partial charge in [-0.05, 0) is 31.5 Å². The van der Waals surface area contributed by atoms with Crippen LogP contribution in [0.3, 0.4) is 0 Å². The Morgan fingerprint density at radius 3 is 3.11 bits per heavy atom. The second-order valence-corrected chi connectivity index (χ2v) is 4.41. The van der Waals surface area contributed by atoms with E-state index < -0.39 is 0 Å². The van der Waals surface area contributed by atoms with Gasteiger partial charge >= 0.3 is 0 Å². The van der Waals surface area contributed by atoms with E-state index in [1.165, 1.54) is 0 Å². The monoisotopic (exact) mass is 243 g/mol. The lowest BCUT2D eigenvalue weighted by Crippen LogP contribution is -2.31. The number of hydrogen-bond acceptors (Lipinski definition) is 2. The molecule has 0 saturated carbocycles. The maximum Gasteiger partial charge on any atom is 0.253 e. The zero-order chi connectivity index (χ0) is 13.1. The third-order valence-corrected chi connectivity index (χ3v) is 2.85. The van der Waals surface area contributed by atoms with Gasteiger partial charge in [-0.25, -0.2) is 0 Å². The number of benzene rings is 1. The van der Waals surface area contributed by atoms with Gasteiger partial charge in [0.2, 0.25) is 0 Å². The molecule has 0 spiro atoms. The lowest BCUT2D eigenvalue weighted by molar-refractivity contribution is 0.0942. The molecule has 0 fully saturated rings. The van der Waals surface area contributed by atoms with Crippen molar-refractivity contribution in [1.82, 2.24) is 10.3 Å². The first-order valence-corrected chi connectivity index (χ1v) is 5.90. The van der Waals surface area contributed by atoms with Crippen LogP contribution in [0.2, 0.25) is 0 Å². The Bertz CT molecular complexity index is 586. The molecule has 18 heavy (non-hydrogen) atoms. The van der Waals surface area contributed by atoms with Crippen LogP contribution in [-0.2, 0) is 0 Å². The van der Waals surface area contributed by atoms with Gasteiger partial charge in [-0.1, -0.05) is 6.08 Å². The van der Waals surface area contributed by atoms with Gasteiger partial charge in [0.1, 0.15) is 0 Å². The Labute approximate surface area is 106 Å². The van der Waals surface area contributed by atoms with Gasteiger partial charge in [-0.2, -0.15) is 0 Å². The molecule has 1 unspecified atom stereocenters. The zero-order valence-electron chi connectivity index (χ0n) is 10.4. The topological polar surface area (TPSA) is 70.9 Å². The fourth-order valence-corrected chi connectivity index (χ4v) is 1.94. The molecule has 0 bridgehead atoms. The fourth-order valence-electron chi connectivity index (χ4n) is 1.94. The molecule has 0 aliphatic rings. The third kappa shape index (κ3) is 2.37. The molecule has 0 saturated heterocycles. The summed E-state index contributed by atoms with van der Waals surface area (Å²) < 4.78 is 0. The van der Waals surface area contributed by atoms with Gasteiger partial charge < -0.3 is 16.0 Å². The zero-order valence-corrected chi connectivity index (χ0v) is 10.4. The van der Waals surface area contributed by atoms with Crippen LogP contribution in [0.4, 0.5) is 5.69 Å². The number of hydrogen-bond donors (Lipinski definition) is 3. The van der Waals surface area contributed by atoms with E-state index in [-0.39, 0.29) is 11.9 Å². The number of carbonyl (C=O) groups excluding carboxylic acids is 1. The number of fused-ring (bicyclic) bond motifs is 1. The molecular weight excluding hydrogens is 226 g/mol. The molecule has 0 radical (unpaired) electrons. The molecule has 2 aromatic rings. The summed E-state index contributed by atoms with van der Waals surface area (Å²) in [4.78, 5) is 15.2. The van der Waals surface area contributed by atoms with Crippen LogP contribution in [0.5, 0.6) is 0 Å². The average molecular weight is 243 g/mol. The Kier molecular flexibility index (Phi) is 3.37. The Morgan fingerprint density at radius 2 is 2.39 bits per heavy atom. The van der Waals surface area contributed by atoms with E-state index in [9.17, 15) is 4.79 Å². The van der Waals surface area contributed by atoms with Crippen LogP contribution < -0.4 is 11.1 Å². The second kappa shape index (κ2) is 4.96. The Hall–Kier alpha value is -2.23. The maximum absolute atomic E-state index is 12.1. The Morgan fingerprint density at radius 1 is 1.61 bits per heavy atom. The number of aromatic nitrogens is 1. The highest BCUT2D eigenvalue weighted by Crippen LogP contribution is 2.20. The van der Waals surface area contributed by atoms with Crippen LogP contribution in [-0.4, -0.2) is 16.9 Å². The predicted molar refractivity (Wildman–Crippen MR) is 74.5 cm³/mol. The number of carbonyl (C=O) groups is 1. The van der Waals surface area contributed by atoms with Crippen molar-refractivity contribution in [3.63, 3.8) is 0 Å². The van der Waals surface area contributed by atoms with Crippen molar-refractivity contribution in [2.45, 2.75) is 19.4 Å². The SMILES string of the molecule is C=CCC(C)NC(=O)c1c[nH]c2ccc(N)cc12. The van der Waals surface area contributed by atoms with Crippen molar-refractivity contribution in [2.75, 3.05) is 5.73 Å². The van der Waals surface area contributed by atoms with E-state index in [0.717, 1.165) is 17.3 Å². The molecule has 1 amide bonds. The van der Waals surface area contributed by atoms with Crippen molar-refractivity contribution in [3.05, 3.63) is 42.6 Å².